The van der Waals surface area contributed by atoms with Crippen LogP contribution >= 0.6 is 11.3 Å². The summed E-state index contributed by atoms with van der Waals surface area (Å²) in [5.74, 6) is -0.299. The van der Waals surface area contributed by atoms with Gasteiger partial charge in [0.05, 0.1) is 17.3 Å². The van der Waals surface area contributed by atoms with Gasteiger partial charge in [0.2, 0.25) is 0 Å². The number of nitriles is 1. The molecule has 0 bridgehead atoms. The quantitative estimate of drug-likeness (QED) is 0.208. The number of hydrogen-bond donors (Lipinski definition) is 2. The van der Waals surface area contributed by atoms with Gasteiger partial charge in [-0.05, 0) is 55.8 Å². The highest BCUT2D eigenvalue weighted by molar-refractivity contribution is 7.16. The Morgan fingerprint density at radius 2 is 1.94 bits per heavy atom. The lowest BCUT2D eigenvalue weighted by Crippen LogP contribution is -2.35. The van der Waals surface area contributed by atoms with Crippen molar-refractivity contribution < 1.29 is 9.59 Å². The number of amides is 1. The fourth-order valence-corrected chi connectivity index (χ4v) is 4.33. The Morgan fingerprint density at radius 3 is 2.54 bits per heavy atom. The minimum Gasteiger partial charge on any atom is -0.346 e. The van der Waals surface area contributed by atoms with E-state index in [1.165, 1.54) is 11.3 Å². The van der Waals surface area contributed by atoms with Crippen LogP contribution in [0.25, 0.3) is 0 Å². The molecule has 0 fully saturated rings. The first-order valence-corrected chi connectivity index (χ1v) is 11.9. The van der Waals surface area contributed by atoms with E-state index in [1.54, 1.807) is 29.3 Å². The van der Waals surface area contributed by atoms with Crippen LogP contribution in [0, 0.1) is 11.3 Å². The summed E-state index contributed by atoms with van der Waals surface area (Å²) < 4.78 is 0. The Hall–Kier alpha value is -4.22. The first-order valence-electron chi connectivity index (χ1n) is 11.1. The molecule has 0 saturated heterocycles. The largest absolute Gasteiger partial charge is 0.346 e. The highest BCUT2D eigenvalue weighted by Gasteiger charge is 2.13. The Balaban J connectivity index is 1.69. The smallest absolute Gasteiger partial charge is 0.251 e. The molecular weight excluding hydrogens is 458 g/mol. The summed E-state index contributed by atoms with van der Waals surface area (Å²) in [6, 6.07) is 20.3. The number of nitrogens with one attached hydrogen (secondary N) is 2. The van der Waals surface area contributed by atoms with Crippen molar-refractivity contribution in [3.05, 3.63) is 88.4 Å². The molecule has 3 rings (SSSR count). The average Bonchev–Trinajstić information content (AvgIpc) is 3.29. The number of benzene rings is 2. The van der Waals surface area contributed by atoms with Crippen LogP contribution in [0.2, 0.25) is 0 Å². The normalized spacial score (nSPS) is 11.7. The maximum Gasteiger partial charge on any atom is 0.251 e. The van der Waals surface area contributed by atoms with Crippen LogP contribution in [0.15, 0.2) is 77.5 Å². The number of hydrogen-bond acceptors (Lipinski definition) is 7. The third kappa shape index (κ3) is 6.65. The van der Waals surface area contributed by atoms with Gasteiger partial charge in [-0.25, -0.2) is 5.01 Å². The molecule has 1 atom stereocenters. The molecule has 0 aliphatic carbocycles. The Kier molecular flexibility index (Phi) is 8.93. The SMILES string of the molecule is C=NN(/C(C)=C/Cc1cc(C#N)c(Nc2ccc(C(=O)NC(C=O)CC)cc2)s1)c1ccccc1. The Labute approximate surface area is 209 Å². The zero-order chi connectivity index (χ0) is 25.2. The topological polar surface area (TPSA) is 97.6 Å². The zero-order valence-corrected chi connectivity index (χ0v) is 20.5. The van der Waals surface area contributed by atoms with Gasteiger partial charge >= 0.3 is 0 Å². The van der Waals surface area contributed by atoms with Crippen molar-refractivity contribution in [1.29, 1.82) is 5.26 Å². The summed E-state index contributed by atoms with van der Waals surface area (Å²) in [5.41, 5.74) is 3.63. The maximum atomic E-state index is 12.3. The lowest BCUT2D eigenvalue weighted by Gasteiger charge is -2.19. The Morgan fingerprint density at radius 1 is 1.23 bits per heavy atom. The predicted octanol–water partition coefficient (Wildman–Crippen LogP) is 5.64. The first kappa shape index (κ1) is 25.4. The second kappa shape index (κ2) is 12.3. The monoisotopic (exact) mass is 485 g/mol. The number of hydrazone groups is 1. The van der Waals surface area contributed by atoms with Crippen molar-refractivity contribution in [1.82, 2.24) is 5.32 Å². The molecule has 2 N–H and O–H groups in total. The van der Waals surface area contributed by atoms with Gasteiger partial charge in [0.1, 0.15) is 17.4 Å². The van der Waals surface area contributed by atoms with E-state index in [9.17, 15) is 14.9 Å². The van der Waals surface area contributed by atoms with Crippen molar-refractivity contribution >= 4 is 46.6 Å². The molecule has 0 aliphatic heterocycles. The second-order valence-electron chi connectivity index (χ2n) is 7.73. The van der Waals surface area contributed by atoms with Gasteiger partial charge in [0, 0.05) is 35.0 Å². The van der Waals surface area contributed by atoms with Gasteiger partial charge in [0.25, 0.3) is 5.91 Å². The molecule has 7 nitrogen and oxygen atoms in total. The van der Waals surface area contributed by atoms with E-state index < -0.39 is 6.04 Å². The average molecular weight is 486 g/mol. The molecule has 35 heavy (non-hydrogen) atoms. The standard InChI is InChI=1S/C27H27N5O2S/c1-4-22(18-33)30-26(34)20-11-13-23(14-12-20)31-27-21(17-28)16-25(35-27)15-10-19(2)32(29-3)24-8-6-5-7-9-24/h5-14,16,18,22,31H,3-4,15H2,1-2H3,(H,30,34)/b19-10+. The van der Waals surface area contributed by atoms with Crippen molar-refractivity contribution in [2.45, 2.75) is 32.7 Å². The third-order valence-corrected chi connectivity index (χ3v) is 6.38. The highest BCUT2D eigenvalue weighted by atomic mass is 32.1. The number of allylic oxidation sites excluding steroid dienone is 2. The molecule has 8 heteroatoms. The van der Waals surface area contributed by atoms with Crippen molar-refractivity contribution in [3.8, 4) is 6.07 Å². The van der Waals surface area contributed by atoms with Crippen LogP contribution in [0.4, 0.5) is 16.4 Å². The van der Waals surface area contributed by atoms with Crippen LogP contribution in [-0.2, 0) is 11.2 Å². The van der Waals surface area contributed by atoms with Crippen molar-refractivity contribution in [2.24, 2.45) is 5.10 Å². The van der Waals surface area contributed by atoms with Crippen molar-refractivity contribution in [3.63, 3.8) is 0 Å². The van der Waals surface area contributed by atoms with Gasteiger partial charge in [-0.3, -0.25) is 4.79 Å². The molecule has 3 aromatic rings. The fraction of sp³-hybridized carbons (Fsp3) is 0.185. The Bertz CT molecular complexity index is 1240. The van der Waals surface area contributed by atoms with Gasteiger partial charge in [0.15, 0.2) is 0 Å². The molecule has 1 unspecified atom stereocenters. The van der Waals surface area contributed by atoms with E-state index in [1.807, 2.05) is 50.2 Å². The highest BCUT2D eigenvalue weighted by Crippen LogP contribution is 2.31. The lowest BCUT2D eigenvalue weighted by molar-refractivity contribution is -0.109. The van der Waals surface area contributed by atoms with Crippen molar-refractivity contribution in [2.75, 3.05) is 10.3 Å². The molecule has 1 amide bonds. The van der Waals surface area contributed by atoms with E-state index in [2.05, 4.69) is 34.6 Å². The molecule has 0 aliphatic rings. The number of para-hydroxylation sites is 1. The summed E-state index contributed by atoms with van der Waals surface area (Å²) in [5, 5.41) is 22.2. The van der Waals surface area contributed by atoms with Gasteiger partial charge < -0.3 is 15.4 Å². The molecular formula is C27H27N5O2S. The summed E-state index contributed by atoms with van der Waals surface area (Å²) in [6.45, 7) is 7.48. The van der Waals surface area contributed by atoms with Gasteiger partial charge in [-0.2, -0.15) is 10.4 Å². The van der Waals surface area contributed by atoms with E-state index in [0.29, 0.717) is 24.0 Å². The van der Waals surface area contributed by atoms with Gasteiger partial charge in [-0.1, -0.05) is 31.2 Å². The number of carbonyl (C=O) groups excluding carboxylic acids is 2. The lowest BCUT2D eigenvalue weighted by atomic mass is 10.1. The maximum absolute atomic E-state index is 12.3. The molecule has 0 spiro atoms. The van der Waals surface area contributed by atoms with Gasteiger partial charge in [-0.15, -0.1) is 11.3 Å². The molecule has 1 aromatic heterocycles. The molecule has 2 aromatic carbocycles. The van der Waals surface area contributed by atoms with Crippen LogP contribution in [0.3, 0.4) is 0 Å². The number of thiophene rings is 1. The summed E-state index contributed by atoms with van der Waals surface area (Å²) >= 11 is 1.50. The van der Waals surface area contributed by atoms with E-state index >= 15 is 0 Å². The van der Waals surface area contributed by atoms with E-state index in [4.69, 9.17) is 0 Å². The number of aldehydes is 1. The minimum atomic E-state index is -0.497. The molecule has 0 radical (unpaired) electrons. The number of nitrogens with zero attached hydrogens (tertiary/aromatic N) is 3. The molecule has 0 saturated carbocycles. The predicted molar refractivity (Wildman–Crippen MR) is 142 cm³/mol. The third-order valence-electron chi connectivity index (χ3n) is 5.30. The number of carbonyl (C=O) groups is 2. The fourth-order valence-electron chi connectivity index (χ4n) is 3.34. The number of rotatable bonds is 11. The first-order chi connectivity index (χ1) is 17.0. The molecule has 1 heterocycles. The molecule has 178 valence electrons. The minimum absolute atomic E-state index is 0.299. The second-order valence-corrected chi connectivity index (χ2v) is 8.87. The number of anilines is 3. The van der Waals surface area contributed by atoms with E-state index in [-0.39, 0.29) is 5.91 Å². The zero-order valence-electron chi connectivity index (χ0n) is 19.7. The summed E-state index contributed by atoms with van der Waals surface area (Å²) in [7, 11) is 0. The van der Waals surface area contributed by atoms with E-state index in [0.717, 1.165) is 33.2 Å². The summed E-state index contributed by atoms with van der Waals surface area (Å²) in [4.78, 5) is 24.3. The van der Waals surface area contributed by atoms with Crippen LogP contribution in [0.1, 0.15) is 41.1 Å². The van der Waals surface area contributed by atoms with Crippen LogP contribution < -0.4 is 15.6 Å². The summed E-state index contributed by atoms with van der Waals surface area (Å²) in [6.07, 6.45) is 3.96. The van der Waals surface area contributed by atoms with Crippen LogP contribution in [-0.4, -0.2) is 25.0 Å². The van der Waals surface area contributed by atoms with Crippen LogP contribution in [0.5, 0.6) is 0 Å².